The van der Waals surface area contributed by atoms with Crippen molar-refractivity contribution in [2.75, 3.05) is 6.61 Å². The zero-order chi connectivity index (χ0) is 9.26. The Kier molecular flexibility index (Phi) is 2.00. The number of rotatable bonds is 1. The van der Waals surface area contributed by atoms with Crippen molar-refractivity contribution in [1.82, 2.24) is 4.98 Å². The summed E-state index contributed by atoms with van der Waals surface area (Å²) in [4.78, 5) is 8.67. The van der Waals surface area contributed by atoms with Gasteiger partial charge in [-0.05, 0) is 26.0 Å². The first-order valence-electron chi connectivity index (χ1n) is 4.40. The molecule has 0 radical (unpaired) electrons. The molecule has 0 bridgehead atoms. The van der Waals surface area contributed by atoms with Gasteiger partial charge < -0.3 is 4.74 Å². The molecule has 2 rings (SSSR count). The molecule has 68 valence electrons. The van der Waals surface area contributed by atoms with Gasteiger partial charge in [0, 0.05) is 5.69 Å². The van der Waals surface area contributed by atoms with Gasteiger partial charge in [-0.25, -0.2) is 9.98 Å². The molecule has 0 saturated carbocycles. The number of aliphatic imine (C=N–C) groups is 1. The molecule has 1 aliphatic heterocycles. The largest absolute Gasteiger partial charge is 0.474 e. The lowest BCUT2D eigenvalue weighted by Crippen LogP contribution is -2.04. The molecular formula is C10H12N2O. The van der Waals surface area contributed by atoms with Crippen LogP contribution in [0.25, 0.3) is 0 Å². The molecule has 0 aromatic carbocycles. The third-order valence-electron chi connectivity index (χ3n) is 1.91. The molecule has 1 aromatic heterocycles. The summed E-state index contributed by atoms with van der Waals surface area (Å²) in [6, 6.07) is 6.11. The second-order valence-corrected chi connectivity index (χ2v) is 3.26. The Morgan fingerprint density at radius 3 is 2.92 bits per heavy atom. The molecule has 1 unspecified atom stereocenters. The monoisotopic (exact) mass is 176 g/mol. The Labute approximate surface area is 77.5 Å². The van der Waals surface area contributed by atoms with Crippen LogP contribution in [-0.4, -0.2) is 23.5 Å². The smallest absolute Gasteiger partial charge is 0.235 e. The molecule has 3 nitrogen and oxygen atoms in total. The molecule has 3 heteroatoms. The molecule has 13 heavy (non-hydrogen) atoms. The van der Waals surface area contributed by atoms with Gasteiger partial charge in [0.1, 0.15) is 12.3 Å². The van der Waals surface area contributed by atoms with Crippen LogP contribution in [0.15, 0.2) is 23.2 Å². The highest BCUT2D eigenvalue weighted by atomic mass is 16.5. The van der Waals surface area contributed by atoms with Gasteiger partial charge >= 0.3 is 0 Å². The van der Waals surface area contributed by atoms with Gasteiger partial charge in [0.05, 0.1) is 6.04 Å². The summed E-state index contributed by atoms with van der Waals surface area (Å²) in [6.07, 6.45) is 0. The van der Waals surface area contributed by atoms with Crippen molar-refractivity contribution in [3.63, 3.8) is 0 Å². The summed E-state index contributed by atoms with van der Waals surface area (Å²) < 4.78 is 5.39. The Balaban J connectivity index is 2.31. The van der Waals surface area contributed by atoms with Crippen LogP contribution >= 0.6 is 0 Å². The van der Waals surface area contributed by atoms with Crippen molar-refractivity contribution in [3.8, 4) is 0 Å². The van der Waals surface area contributed by atoms with Gasteiger partial charge in [-0.15, -0.1) is 0 Å². The zero-order valence-electron chi connectivity index (χ0n) is 7.82. The fraction of sp³-hybridized carbons (Fsp3) is 0.400. The predicted molar refractivity (Wildman–Crippen MR) is 50.9 cm³/mol. The maximum atomic E-state index is 5.39. The van der Waals surface area contributed by atoms with E-state index in [1.807, 2.05) is 32.0 Å². The lowest BCUT2D eigenvalue weighted by atomic mass is 10.3. The highest BCUT2D eigenvalue weighted by Crippen LogP contribution is 2.09. The molecule has 1 atom stereocenters. The van der Waals surface area contributed by atoms with E-state index < -0.39 is 0 Å². The topological polar surface area (TPSA) is 34.5 Å². The van der Waals surface area contributed by atoms with Crippen molar-refractivity contribution in [2.45, 2.75) is 19.9 Å². The van der Waals surface area contributed by atoms with E-state index in [4.69, 9.17) is 4.74 Å². The van der Waals surface area contributed by atoms with Crippen molar-refractivity contribution >= 4 is 5.90 Å². The summed E-state index contributed by atoms with van der Waals surface area (Å²) in [5, 5.41) is 0. The van der Waals surface area contributed by atoms with Gasteiger partial charge in [-0.2, -0.15) is 0 Å². The quantitative estimate of drug-likeness (QED) is 0.650. The van der Waals surface area contributed by atoms with E-state index in [-0.39, 0.29) is 6.04 Å². The van der Waals surface area contributed by atoms with Crippen LogP contribution in [-0.2, 0) is 4.74 Å². The molecule has 0 amide bonds. The van der Waals surface area contributed by atoms with Crippen LogP contribution in [0.1, 0.15) is 18.3 Å². The predicted octanol–water partition coefficient (Wildman–Crippen LogP) is 1.56. The number of ether oxygens (including phenoxy) is 1. The third kappa shape index (κ3) is 1.69. The van der Waals surface area contributed by atoms with E-state index in [1.165, 1.54) is 0 Å². The van der Waals surface area contributed by atoms with Crippen LogP contribution in [0, 0.1) is 6.92 Å². The average molecular weight is 176 g/mol. The molecule has 0 saturated heterocycles. The van der Waals surface area contributed by atoms with Crippen molar-refractivity contribution in [1.29, 1.82) is 0 Å². The molecule has 1 aromatic rings. The van der Waals surface area contributed by atoms with Crippen LogP contribution in [0.3, 0.4) is 0 Å². The first kappa shape index (κ1) is 8.23. The average Bonchev–Trinajstić information content (AvgIpc) is 2.52. The number of hydrogen-bond acceptors (Lipinski definition) is 3. The minimum atomic E-state index is 0.261. The first-order chi connectivity index (χ1) is 6.25. The van der Waals surface area contributed by atoms with E-state index in [2.05, 4.69) is 9.98 Å². The van der Waals surface area contributed by atoms with Gasteiger partial charge in [-0.1, -0.05) is 6.07 Å². The lowest BCUT2D eigenvalue weighted by molar-refractivity contribution is 0.323. The summed E-state index contributed by atoms with van der Waals surface area (Å²) in [5.41, 5.74) is 1.83. The maximum absolute atomic E-state index is 5.39. The maximum Gasteiger partial charge on any atom is 0.235 e. The van der Waals surface area contributed by atoms with Crippen molar-refractivity contribution in [2.24, 2.45) is 4.99 Å². The molecule has 2 heterocycles. The summed E-state index contributed by atoms with van der Waals surface area (Å²) in [5.74, 6) is 0.677. The van der Waals surface area contributed by atoms with E-state index >= 15 is 0 Å². The number of aromatic nitrogens is 1. The Hall–Kier alpha value is -1.38. The van der Waals surface area contributed by atoms with Gasteiger partial charge in [0.2, 0.25) is 5.90 Å². The fourth-order valence-corrected chi connectivity index (χ4v) is 1.28. The second kappa shape index (κ2) is 3.17. The van der Waals surface area contributed by atoms with Crippen molar-refractivity contribution < 1.29 is 4.74 Å². The number of nitrogens with zero attached hydrogens (tertiary/aromatic N) is 2. The Morgan fingerprint density at radius 2 is 2.31 bits per heavy atom. The summed E-state index contributed by atoms with van der Waals surface area (Å²) in [7, 11) is 0. The van der Waals surface area contributed by atoms with E-state index in [0.717, 1.165) is 11.4 Å². The number of aryl methyl sites for hydroxylation is 1. The minimum Gasteiger partial charge on any atom is -0.474 e. The van der Waals surface area contributed by atoms with E-state index in [9.17, 15) is 0 Å². The number of hydrogen-bond donors (Lipinski definition) is 0. The molecular weight excluding hydrogens is 164 g/mol. The van der Waals surface area contributed by atoms with Crippen LogP contribution in [0.2, 0.25) is 0 Å². The van der Waals surface area contributed by atoms with Gasteiger partial charge in [-0.3, -0.25) is 0 Å². The number of pyridine rings is 1. The minimum absolute atomic E-state index is 0.261. The van der Waals surface area contributed by atoms with Gasteiger partial charge in [0.15, 0.2) is 0 Å². The van der Waals surface area contributed by atoms with E-state index in [1.54, 1.807) is 0 Å². The fourth-order valence-electron chi connectivity index (χ4n) is 1.28. The first-order valence-corrected chi connectivity index (χ1v) is 4.40. The molecule has 1 aliphatic rings. The molecule has 0 aliphatic carbocycles. The Bertz CT molecular complexity index is 347. The summed E-state index contributed by atoms with van der Waals surface area (Å²) in [6.45, 7) is 4.66. The standard InChI is InChI=1S/C10H12N2O/c1-7-4-3-5-9(11-7)10-12-8(2)6-13-10/h3-5,8H,6H2,1-2H3. The highest BCUT2D eigenvalue weighted by molar-refractivity contribution is 5.93. The summed E-state index contributed by atoms with van der Waals surface area (Å²) >= 11 is 0. The van der Waals surface area contributed by atoms with Crippen LogP contribution in [0.4, 0.5) is 0 Å². The zero-order valence-corrected chi connectivity index (χ0v) is 7.82. The molecule has 0 fully saturated rings. The third-order valence-corrected chi connectivity index (χ3v) is 1.91. The Morgan fingerprint density at radius 1 is 1.46 bits per heavy atom. The molecule has 0 spiro atoms. The highest BCUT2D eigenvalue weighted by Gasteiger charge is 2.16. The van der Waals surface area contributed by atoms with E-state index in [0.29, 0.717) is 12.5 Å². The normalized spacial score (nSPS) is 21.1. The second-order valence-electron chi connectivity index (χ2n) is 3.26. The van der Waals surface area contributed by atoms with Crippen LogP contribution in [0.5, 0.6) is 0 Å². The molecule has 0 N–H and O–H groups in total. The lowest BCUT2D eigenvalue weighted by Gasteiger charge is -2.00. The van der Waals surface area contributed by atoms with Crippen LogP contribution < -0.4 is 0 Å². The van der Waals surface area contributed by atoms with Gasteiger partial charge in [0.25, 0.3) is 0 Å². The SMILES string of the molecule is Cc1cccc(C2=NC(C)CO2)n1. The van der Waals surface area contributed by atoms with Crippen molar-refractivity contribution in [3.05, 3.63) is 29.6 Å².